The molecule has 0 fully saturated rings. The van der Waals surface area contributed by atoms with Crippen molar-refractivity contribution in [1.29, 1.82) is 0 Å². The highest BCUT2D eigenvalue weighted by Crippen LogP contribution is 2.28. The van der Waals surface area contributed by atoms with Gasteiger partial charge in [0.15, 0.2) is 0 Å². The molecule has 19 heavy (non-hydrogen) atoms. The minimum atomic E-state index is -0.0673. The lowest BCUT2D eigenvalue weighted by Crippen LogP contribution is -2.13. The molecule has 0 aliphatic heterocycles. The summed E-state index contributed by atoms with van der Waals surface area (Å²) >= 11 is 3.56. The van der Waals surface area contributed by atoms with Crippen molar-refractivity contribution in [3.8, 4) is 0 Å². The topological polar surface area (TPSA) is 39.2 Å². The molecule has 0 bridgehead atoms. The van der Waals surface area contributed by atoms with Crippen LogP contribution in [0.4, 0.5) is 0 Å². The molecular formula is C16H14BrNO. The molecule has 0 saturated carbocycles. The van der Waals surface area contributed by atoms with Crippen LogP contribution >= 0.6 is 15.9 Å². The molecule has 96 valence electrons. The van der Waals surface area contributed by atoms with Crippen molar-refractivity contribution >= 4 is 26.9 Å². The van der Waals surface area contributed by atoms with Gasteiger partial charge in [-0.2, -0.15) is 0 Å². The van der Waals surface area contributed by atoms with Gasteiger partial charge in [0.1, 0.15) is 5.58 Å². The van der Waals surface area contributed by atoms with Crippen LogP contribution in [0.25, 0.3) is 11.0 Å². The van der Waals surface area contributed by atoms with Gasteiger partial charge in [0.05, 0.1) is 6.26 Å². The summed E-state index contributed by atoms with van der Waals surface area (Å²) < 4.78 is 6.64. The zero-order valence-electron chi connectivity index (χ0n) is 10.3. The summed E-state index contributed by atoms with van der Waals surface area (Å²) in [6, 6.07) is 16.1. The Balaban J connectivity index is 1.92. The Morgan fingerprint density at radius 2 is 1.79 bits per heavy atom. The Hall–Kier alpha value is -1.58. The Labute approximate surface area is 120 Å². The van der Waals surface area contributed by atoms with E-state index in [9.17, 15) is 0 Å². The van der Waals surface area contributed by atoms with E-state index in [-0.39, 0.29) is 6.04 Å². The first-order chi connectivity index (χ1) is 9.25. The van der Waals surface area contributed by atoms with Gasteiger partial charge in [-0.25, -0.2) is 0 Å². The lowest BCUT2D eigenvalue weighted by molar-refractivity contribution is 0.599. The lowest BCUT2D eigenvalue weighted by Gasteiger charge is -2.11. The first-order valence-corrected chi connectivity index (χ1v) is 7.00. The Kier molecular flexibility index (Phi) is 3.40. The fourth-order valence-electron chi connectivity index (χ4n) is 2.30. The average Bonchev–Trinajstić information content (AvgIpc) is 2.85. The first kappa shape index (κ1) is 12.5. The lowest BCUT2D eigenvalue weighted by atomic mass is 9.99. The maximum atomic E-state index is 6.33. The molecular weight excluding hydrogens is 302 g/mol. The van der Waals surface area contributed by atoms with Gasteiger partial charge in [-0.3, -0.25) is 0 Å². The van der Waals surface area contributed by atoms with Gasteiger partial charge in [-0.05, 0) is 24.1 Å². The third kappa shape index (κ3) is 2.44. The van der Waals surface area contributed by atoms with Crippen LogP contribution in [0.5, 0.6) is 0 Å². The highest BCUT2D eigenvalue weighted by atomic mass is 79.9. The Bertz CT molecular complexity index is 705. The van der Waals surface area contributed by atoms with Crippen LogP contribution in [0.15, 0.2) is 63.7 Å². The van der Waals surface area contributed by atoms with E-state index < -0.39 is 0 Å². The largest absolute Gasteiger partial charge is 0.464 e. The van der Waals surface area contributed by atoms with Gasteiger partial charge in [0.2, 0.25) is 0 Å². The maximum Gasteiger partial charge on any atom is 0.134 e. The van der Waals surface area contributed by atoms with Crippen LogP contribution < -0.4 is 5.73 Å². The third-order valence-electron chi connectivity index (χ3n) is 3.31. The summed E-state index contributed by atoms with van der Waals surface area (Å²) in [5.41, 5.74) is 9.48. The van der Waals surface area contributed by atoms with E-state index in [1.165, 1.54) is 5.56 Å². The van der Waals surface area contributed by atoms with Crippen molar-refractivity contribution in [2.75, 3.05) is 0 Å². The average molecular weight is 316 g/mol. The zero-order valence-corrected chi connectivity index (χ0v) is 11.9. The molecule has 0 radical (unpaired) electrons. The van der Waals surface area contributed by atoms with Crippen molar-refractivity contribution in [1.82, 2.24) is 0 Å². The van der Waals surface area contributed by atoms with E-state index in [4.69, 9.17) is 10.2 Å². The molecule has 0 aliphatic rings. The Morgan fingerprint density at radius 1 is 1.05 bits per heavy atom. The molecule has 0 amide bonds. The minimum Gasteiger partial charge on any atom is -0.464 e. The minimum absolute atomic E-state index is 0.0673. The van der Waals surface area contributed by atoms with Crippen LogP contribution in [0, 0.1) is 0 Å². The molecule has 1 heterocycles. The van der Waals surface area contributed by atoms with Gasteiger partial charge in [0.25, 0.3) is 0 Å². The predicted molar refractivity (Wildman–Crippen MR) is 81.0 cm³/mol. The molecule has 3 rings (SSSR count). The fourth-order valence-corrected chi connectivity index (χ4v) is 2.74. The number of halogens is 1. The molecule has 1 aromatic heterocycles. The smallest absolute Gasteiger partial charge is 0.134 e. The van der Waals surface area contributed by atoms with E-state index in [1.54, 1.807) is 6.26 Å². The number of nitrogens with two attached hydrogens (primary N) is 1. The third-order valence-corrected chi connectivity index (χ3v) is 4.08. The molecule has 1 atom stereocenters. The molecule has 2 nitrogen and oxygen atoms in total. The van der Waals surface area contributed by atoms with Crippen LogP contribution in [0.2, 0.25) is 0 Å². The van der Waals surface area contributed by atoms with Crippen LogP contribution in [-0.2, 0) is 6.42 Å². The van der Waals surface area contributed by atoms with Gasteiger partial charge >= 0.3 is 0 Å². The summed E-state index contributed by atoms with van der Waals surface area (Å²) in [6.07, 6.45) is 2.55. The number of rotatable bonds is 3. The number of hydrogen-bond donors (Lipinski definition) is 1. The number of hydrogen-bond acceptors (Lipinski definition) is 2. The molecule has 3 aromatic rings. The van der Waals surface area contributed by atoms with Crippen LogP contribution in [0.3, 0.4) is 0 Å². The summed E-state index contributed by atoms with van der Waals surface area (Å²) in [4.78, 5) is 0. The van der Waals surface area contributed by atoms with Gasteiger partial charge in [-0.1, -0.05) is 52.3 Å². The van der Waals surface area contributed by atoms with E-state index >= 15 is 0 Å². The second-order valence-corrected chi connectivity index (χ2v) is 5.44. The molecule has 0 saturated heterocycles. The van der Waals surface area contributed by atoms with E-state index in [0.717, 1.165) is 27.4 Å². The maximum absolute atomic E-state index is 6.33. The van der Waals surface area contributed by atoms with Crippen molar-refractivity contribution < 1.29 is 4.42 Å². The van der Waals surface area contributed by atoms with Crippen LogP contribution in [-0.4, -0.2) is 0 Å². The van der Waals surface area contributed by atoms with Gasteiger partial charge < -0.3 is 10.2 Å². The summed E-state index contributed by atoms with van der Waals surface area (Å²) in [5, 5.41) is 1.10. The summed E-state index contributed by atoms with van der Waals surface area (Å²) in [6.45, 7) is 0. The number of benzene rings is 2. The van der Waals surface area contributed by atoms with E-state index in [2.05, 4.69) is 22.0 Å². The van der Waals surface area contributed by atoms with Crippen molar-refractivity contribution in [2.24, 2.45) is 5.73 Å². The van der Waals surface area contributed by atoms with E-state index in [1.807, 2.05) is 42.5 Å². The normalized spacial score (nSPS) is 12.7. The molecule has 1 unspecified atom stereocenters. The predicted octanol–water partition coefficient (Wildman–Crippen LogP) is 4.44. The monoisotopic (exact) mass is 315 g/mol. The summed E-state index contributed by atoms with van der Waals surface area (Å²) in [5.74, 6) is 0. The van der Waals surface area contributed by atoms with E-state index in [0.29, 0.717) is 0 Å². The van der Waals surface area contributed by atoms with Crippen molar-refractivity contribution in [3.63, 3.8) is 0 Å². The Morgan fingerprint density at radius 3 is 2.63 bits per heavy atom. The molecule has 0 spiro atoms. The first-order valence-electron chi connectivity index (χ1n) is 6.21. The highest BCUT2D eigenvalue weighted by Gasteiger charge is 2.14. The molecule has 2 aromatic carbocycles. The zero-order chi connectivity index (χ0) is 13.2. The SMILES string of the molecule is NC(Cc1ccccc1Br)c1coc2ccccc12. The number of furan rings is 1. The second-order valence-electron chi connectivity index (χ2n) is 4.59. The number of para-hydroxylation sites is 1. The molecule has 2 N–H and O–H groups in total. The van der Waals surface area contributed by atoms with Gasteiger partial charge in [-0.15, -0.1) is 0 Å². The second kappa shape index (κ2) is 5.19. The molecule has 3 heteroatoms. The number of fused-ring (bicyclic) bond motifs is 1. The van der Waals surface area contributed by atoms with Crippen LogP contribution in [0.1, 0.15) is 17.2 Å². The molecule has 0 aliphatic carbocycles. The van der Waals surface area contributed by atoms with Crippen molar-refractivity contribution in [2.45, 2.75) is 12.5 Å². The fraction of sp³-hybridized carbons (Fsp3) is 0.125. The summed E-state index contributed by atoms with van der Waals surface area (Å²) in [7, 11) is 0. The quantitative estimate of drug-likeness (QED) is 0.776. The highest BCUT2D eigenvalue weighted by molar-refractivity contribution is 9.10. The van der Waals surface area contributed by atoms with Crippen molar-refractivity contribution in [3.05, 3.63) is 70.4 Å². The standard InChI is InChI=1S/C16H14BrNO/c17-14-7-3-1-5-11(14)9-15(18)13-10-19-16-8-4-2-6-12(13)16/h1-8,10,15H,9,18H2. The van der Waals surface area contributed by atoms with Gasteiger partial charge in [0, 0.05) is 21.5 Å².